The normalized spacial score (nSPS) is 14.3. The van der Waals surface area contributed by atoms with Gasteiger partial charge in [0.1, 0.15) is 5.75 Å². The molecule has 116 valence electrons. The number of phenolic OH excluding ortho intramolecular Hbond substituents is 1. The molecule has 1 aliphatic rings. The number of fused-ring (bicyclic) bond motifs is 1. The Morgan fingerprint density at radius 3 is 2.82 bits per heavy atom. The third kappa shape index (κ3) is 2.50. The second kappa shape index (κ2) is 5.53. The molecule has 2 aromatic rings. The van der Waals surface area contributed by atoms with Gasteiger partial charge in [-0.25, -0.2) is 8.78 Å². The third-order valence-corrected chi connectivity index (χ3v) is 3.77. The Balaban J connectivity index is 1.85. The number of nitrogens with zero attached hydrogens (tertiary/aromatic N) is 4. The molecule has 1 aromatic carbocycles. The van der Waals surface area contributed by atoms with Crippen molar-refractivity contribution in [2.75, 3.05) is 6.54 Å². The Bertz CT molecular complexity index is 735. The van der Waals surface area contributed by atoms with Gasteiger partial charge in [0.25, 0.3) is 12.3 Å². The number of benzene rings is 1. The lowest BCUT2D eigenvalue weighted by atomic mass is 10.1. The summed E-state index contributed by atoms with van der Waals surface area (Å²) in [7, 11) is 0. The fraction of sp³-hybridized carbons (Fsp3) is 0.308. The highest BCUT2D eigenvalue weighted by atomic mass is 35.5. The van der Waals surface area contributed by atoms with Crippen molar-refractivity contribution in [2.24, 2.45) is 0 Å². The maximum absolute atomic E-state index is 12.8. The lowest BCUT2D eigenvalue weighted by Gasteiger charge is -2.28. The summed E-state index contributed by atoms with van der Waals surface area (Å²) in [6, 6.07) is 4.07. The molecule has 0 radical (unpaired) electrons. The van der Waals surface area contributed by atoms with Gasteiger partial charge < -0.3 is 14.6 Å². The van der Waals surface area contributed by atoms with Crippen LogP contribution in [0.15, 0.2) is 18.2 Å². The van der Waals surface area contributed by atoms with Gasteiger partial charge in [-0.15, -0.1) is 10.2 Å². The minimum absolute atomic E-state index is 0.0601. The number of amides is 1. The Morgan fingerprint density at radius 1 is 1.32 bits per heavy atom. The van der Waals surface area contributed by atoms with Crippen molar-refractivity contribution in [3.63, 3.8) is 0 Å². The standard InChI is InChI=1S/C13H11ClF2N4O2/c14-9-2-1-7(21)5-8(9)13(22)19-3-4-20-10(6-19)17-18-12(20)11(15)16/h1-2,5,11,21H,3-4,6H2. The Kier molecular flexibility index (Phi) is 3.69. The van der Waals surface area contributed by atoms with E-state index in [1.54, 1.807) is 0 Å². The van der Waals surface area contributed by atoms with Crippen molar-refractivity contribution < 1.29 is 18.7 Å². The molecule has 0 saturated heterocycles. The molecule has 3 rings (SSSR count). The van der Waals surface area contributed by atoms with Gasteiger partial charge >= 0.3 is 0 Å². The highest BCUT2D eigenvalue weighted by Gasteiger charge is 2.28. The first kappa shape index (κ1) is 14.7. The Labute approximate surface area is 128 Å². The van der Waals surface area contributed by atoms with Crippen molar-refractivity contribution in [3.8, 4) is 5.75 Å². The molecular formula is C13H11ClF2N4O2. The Hall–Kier alpha value is -2.22. The number of carbonyl (C=O) groups is 1. The monoisotopic (exact) mass is 328 g/mol. The molecular weight excluding hydrogens is 318 g/mol. The van der Waals surface area contributed by atoms with Gasteiger partial charge in [0.05, 0.1) is 17.1 Å². The van der Waals surface area contributed by atoms with Crippen LogP contribution in [0, 0.1) is 0 Å². The molecule has 0 atom stereocenters. The van der Waals surface area contributed by atoms with E-state index in [0.29, 0.717) is 5.82 Å². The fourth-order valence-corrected chi connectivity index (χ4v) is 2.56. The second-order valence-corrected chi connectivity index (χ2v) is 5.22. The molecule has 0 fully saturated rings. The minimum atomic E-state index is -2.70. The molecule has 0 saturated carbocycles. The number of hydrogen-bond donors (Lipinski definition) is 1. The number of carbonyl (C=O) groups excluding carboxylic acids is 1. The summed E-state index contributed by atoms with van der Waals surface area (Å²) >= 11 is 5.97. The predicted molar refractivity (Wildman–Crippen MR) is 72.8 cm³/mol. The second-order valence-electron chi connectivity index (χ2n) is 4.82. The van der Waals surface area contributed by atoms with Crippen molar-refractivity contribution in [3.05, 3.63) is 40.4 Å². The number of aromatic nitrogens is 3. The zero-order valence-electron chi connectivity index (χ0n) is 11.2. The first-order valence-electron chi connectivity index (χ1n) is 6.45. The molecule has 2 heterocycles. The number of aromatic hydroxyl groups is 1. The molecule has 0 unspecified atom stereocenters. The van der Waals surface area contributed by atoms with Crippen LogP contribution in [0.4, 0.5) is 8.78 Å². The van der Waals surface area contributed by atoms with Crippen molar-refractivity contribution >= 4 is 17.5 Å². The third-order valence-electron chi connectivity index (χ3n) is 3.44. The van der Waals surface area contributed by atoms with E-state index in [-0.39, 0.29) is 36.0 Å². The summed E-state index contributed by atoms with van der Waals surface area (Å²) in [6.45, 7) is 0.476. The van der Waals surface area contributed by atoms with Gasteiger partial charge in [-0.2, -0.15) is 0 Å². The van der Waals surface area contributed by atoms with Crippen LogP contribution in [0.3, 0.4) is 0 Å². The van der Waals surface area contributed by atoms with Crippen LogP contribution < -0.4 is 0 Å². The van der Waals surface area contributed by atoms with E-state index >= 15 is 0 Å². The van der Waals surface area contributed by atoms with Gasteiger partial charge in [0.15, 0.2) is 11.6 Å². The molecule has 0 bridgehead atoms. The summed E-state index contributed by atoms with van der Waals surface area (Å²) in [5.41, 5.74) is 0.156. The fourth-order valence-electron chi connectivity index (χ4n) is 2.36. The quantitative estimate of drug-likeness (QED) is 0.917. The molecule has 1 aromatic heterocycles. The molecule has 1 amide bonds. The Morgan fingerprint density at radius 2 is 2.09 bits per heavy atom. The number of rotatable bonds is 2. The van der Waals surface area contributed by atoms with E-state index in [1.807, 2.05) is 0 Å². The minimum Gasteiger partial charge on any atom is -0.508 e. The number of phenols is 1. The van der Waals surface area contributed by atoms with E-state index in [2.05, 4.69) is 10.2 Å². The van der Waals surface area contributed by atoms with Crippen molar-refractivity contribution in [1.29, 1.82) is 0 Å². The summed E-state index contributed by atoms with van der Waals surface area (Å²) in [5, 5.41) is 16.8. The summed E-state index contributed by atoms with van der Waals surface area (Å²) in [5.74, 6) is -0.565. The van der Waals surface area contributed by atoms with Gasteiger partial charge in [0, 0.05) is 13.1 Å². The molecule has 6 nitrogen and oxygen atoms in total. The number of alkyl halides is 2. The molecule has 1 aliphatic heterocycles. The number of hydrogen-bond acceptors (Lipinski definition) is 4. The maximum atomic E-state index is 12.8. The molecule has 0 spiro atoms. The average molecular weight is 329 g/mol. The molecule has 1 N–H and O–H groups in total. The van der Waals surface area contributed by atoms with Gasteiger partial charge in [0.2, 0.25) is 0 Å². The van der Waals surface area contributed by atoms with E-state index in [1.165, 1.54) is 27.7 Å². The largest absolute Gasteiger partial charge is 0.508 e. The van der Waals surface area contributed by atoms with Crippen LogP contribution >= 0.6 is 11.6 Å². The lowest BCUT2D eigenvalue weighted by Crippen LogP contribution is -2.39. The van der Waals surface area contributed by atoms with Gasteiger partial charge in [-0.3, -0.25) is 4.79 Å². The van der Waals surface area contributed by atoms with E-state index in [9.17, 15) is 18.7 Å². The van der Waals surface area contributed by atoms with Crippen LogP contribution in [0.1, 0.15) is 28.4 Å². The van der Waals surface area contributed by atoms with E-state index in [0.717, 1.165) is 0 Å². The molecule has 22 heavy (non-hydrogen) atoms. The maximum Gasteiger partial charge on any atom is 0.297 e. The smallest absolute Gasteiger partial charge is 0.297 e. The van der Waals surface area contributed by atoms with Crippen LogP contribution in [-0.2, 0) is 13.1 Å². The molecule has 9 heteroatoms. The first-order valence-corrected chi connectivity index (χ1v) is 6.83. The number of halogens is 3. The van der Waals surface area contributed by atoms with Crippen molar-refractivity contribution in [2.45, 2.75) is 19.5 Å². The average Bonchev–Trinajstić information content (AvgIpc) is 2.92. The zero-order chi connectivity index (χ0) is 15.9. The highest BCUT2D eigenvalue weighted by Crippen LogP contribution is 2.25. The molecule has 0 aliphatic carbocycles. The van der Waals surface area contributed by atoms with Gasteiger partial charge in [-0.1, -0.05) is 11.6 Å². The van der Waals surface area contributed by atoms with E-state index in [4.69, 9.17) is 11.6 Å². The summed E-state index contributed by atoms with van der Waals surface area (Å²) < 4.78 is 26.8. The lowest BCUT2D eigenvalue weighted by molar-refractivity contribution is 0.0698. The predicted octanol–water partition coefficient (Wildman–Crippen LogP) is 2.23. The van der Waals surface area contributed by atoms with Gasteiger partial charge in [-0.05, 0) is 18.2 Å². The first-order chi connectivity index (χ1) is 10.5. The van der Waals surface area contributed by atoms with E-state index < -0.39 is 18.2 Å². The van der Waals surface area contributed by atoms with Crippen LogP contribution in [0.25, 0.3) is 0 Å². The SMILES string of the molecule is O=C(c1cc(O)ccc1Cl)N1CCn2c(nnc2C(F)F)C1. The summed E-state index contributed by atoms with van der Waals surface area (Å²) in [6.07, 6.45) is -2.70. The van der Waals surface area contributed by atoms with Crippen molar-refractivity contribution in [1.82, 2.24) is 19.7 Å². The van der Waals surface area contributed by atoms with Crippen LogP contribution in [0.2, 0.25) is 5.02 Å². The highest BCUT2D eigenvalue weighted by molar-refractivity contribution is 6.33. The van der Waals surface area contributed by atoms with Crippen LogP contribution in [0.5, 0.6) is 5.75 Å². The van der Waals surface area contributed by atoms with Crippen LogP contribution in [-0.4, -0.2) is 37.2 Å². The zero-order valence-corrected chi connectivity index (χ0v) is 12.0. The summed E-state index contributed by atoms with van der Waals surface area (Å²) in [4.78, 5) is 13.9. The topological polar surface area (TPSA) is 71.2 Å².